The van der Waals surface area contributed by atoms with Gasteiger partial charge in [0.05, 0.1) is 0 Å². The summed E-state index contributed by atoms with van der Waals surface area (Å²) in [6.07, 6.45) is 12.5. The predicted molar refractivity (Wildman–Crippen MR) is 111 cm³/mol. The summed E-state index contributed by atoms with van der Waals surface area (Å²) in [5.74, 6) is 1.81. The van der Waals surface area contributed by atoms with E-state index >= 15 is 0 Å². The van der Waals surface area contributed by atoms with E-state index in [1.165, 1.54) is 57.8 Å². The van der Waals surface area contributed by atoms with Crippen LogP contribution >= 0.6 is 0 Å². The molecular formula is C23H46N2. The summed E-state index contributed by atoms with van der Waals surface area (Å²) in [6.45, 7) is 19.0. The van der Waals surface area contributed by atoms with Gasteiger partial charge in [0.2, 0.25) is 0 Å². The van der Waals surface area contributed by atoms with Crippen molar-refractivity contribution in [2.45, 2.75) is 135 Å². The topological polar surface area (TPSA) is 24.1 Å². The fraction of sp³-hybridized carbons (Fsp3) is 1.00. The second-order valence-electron chi connectivity index (χ2n) is 12.0. The largest absolute Gasteiger partial charge is 0.307 e. The van der Waals surface area contributed by atoms with Gasteiger partial charge in [0.15, 0.2) is 0 Å². The first kappa shape index (κ1) is 21.2. The third-order valence-corrected chi connectivity index (χ3v) is 6.27. The van der Waals surface area contributed by atoms with Crippen molar-refractivity contribution in [1.29, 1.82) is 0 Å². The fourth-order valence-corrected chi connectivity index (χ4v) is 6.52. The first-order valence-corrected chi connectivity index (χ1v) is 10.9. The van der Waals surface area contributed by atoms with Crippen LogP contribution in [-0.4, -0.2) is 22.2 Å². The predicted octanol–water partition coefficient (Wildman–Crippen LogP) is 6.05. The van der Waals surface area contributed by atoms with Crippen LogP contribution in [0.1, 0.15) is 113 Å². The van der Waals surface area contributed by atoms with Crippen LogP contribution in [0.5, 0.6) is 0 Å². The van der Waals surface area contributed by atoms with Gasteiger partial charge in [-0.1, -0.05) is 32.1 Å². The number of nitrogens with one attached hydrogen (secondary N) is 2. The summed E-state index contributed by atoms with van der Waals surface area (Å²) in [5.41, 5.74) is 1.22. The van der Waals surface area contributed by atoms with Crippen molar-refractivity contribution in [3.63, 3.8) is 0 Å². The summed E-state index contributed by atoms with van der Waals surface area (Å²) in [5, 5.41) is 7.63. The molecule has 0 aromatic heterocycles. The quantitative estimate of drug-likeness (QED) is 0.570. The highest BCUT2D eigenvalue weighted by Gasteiger charge is 2.38. The maximum absolute atomic E-state index is 3.82. The summed E-state index contributed by atoms with van der Waals surface area (Å²) in [7, 11) is 0. The standard InChI is InChI=1S/C23H46N2/c1-20(2)14-18(15-21(3,4)24-20)12-10-9-11-13-19-16-22(5,6)25-23(7,8)17-19/h18-19,24-25H,9-17H2,1-8H3. The zero-order chi connectivity index (χ0) is 18.9. The Morgan fingerprint density at radius 2 is 0.800 bits per heavy atom. The molecule has 0 spiro atoms. The van der Waals surface area contributed by atoms with Crippen molar-refractivity contribution >= 4 is 0 Å². The highest BCUT2D eigenvalue weighted by Crippen LogP contribution is 2.37. The second kappa shape index (κ2) is 7.50. The van der Waals surface area contributed by atoms with E-state index in [1.54, 1.807) is 0 Å². The van der Waals surface area contributed by atoms with Gasteiger partial charge < -0.3 is 10.6 Å². The Bertz CT molecular complexity index is 361. The zero-order valence-electron chi connectivity index (χ0n) is 18.5. The molecule has 2 heteroatoms. The second-order valence-corrected chi connectivity index (χ2v) is 12.0. The molecule has 0 amide bonds. The monoisotopic (exact) mass is 350 g/mol. The molecule has 0 saturated carbocycles. The Hall–Kier alpha value is -0.0800. The third-order valence-electron chi connectivity index (χ3n) is 6.27. The number of rotatable bonds is 6. The molecule has 148 valence electrons. The van der Waals surface area contributed by atoms with Crippen LogP contribution in [0.15, 0.2) is 0 Å². The summed E-state index contributed by atoms with van der Waals surface area (Å²) in [4.78, 5) is 0. The van der Waals surface area contributed by atoms with Crippen LogP contribution in [0, 0.1) is 11.8 Å². The van der Waals surface area contributed by atoms with E-state index in [0.29, 0.717) is 22.2 Å². The van der Waals surface area contributed by atoms with Crippen LogP contribution in [0.4, 0.5) is 0 Å². The van der Waals surface area contributed by atoms with Crippen molar-refractivity contribution in [3.05, 3.63) is 0 Å². The lowest BCUT2D eigenvalue weighted by Crippen LogP contribution is -2.57. The van der Waals surface area contributed by atoms with Gasteiger partial charge in [0, 0.05) is 22.2 Å². The molecule has 0 aromatic carbocycles. The van der Waals surface area contributed by atoms with Crippen molar-refractivity contribution < 1.29 is 0 Å². The van der Waals surface area contributed by atoms with Gasteiger partial charge in [-0.3, -0.25) is 0 Å². The Morgan fingerprint density at radius 3 is 1.08 bits per heavy atom. The van der Waals surface area contributed by atoms with Crippen LogP contribution in [0.2, 0.25) is 0 Å². The number of hydrogen-bond donors (Lipinski definition) is 2. The van der Waals surface area contributed by atoms with Gasteiger partial charge in [0.1, 0.15) is 0 Å². The first-order chi connectivity index (χ1) is 11.3. The van der Waals surface area contributed by atoms with Crippen LogP contribution in [0.25, 0.3) is 0 Å². The molecule has 25 heavy (non-hydrogen) atoms. The number of hydrogen-bond acceptors (Lipinski definition) is 2. The van der Waals surface area contributed by atoms with Gasteiger partial charge in [-0.15, -0.1) is 0 Å². The van der Waals surface area contributed by atoms with Crippen LogP contribution in [-0.2, 0) is 0 Å². The zero-order valence-corrected chi connectivity index (χ0v) is 18.5. The van der Waals surface area contributed by atoms with Crippen molar-refractivity contribution in [3.8, 4) is 0 Å². The number of unbranched alkanes of at least 4 members (excludes halogenated alkanes) is 2. The summed E-state index contributed by atoms with van der Waals surface area (Å²) in [6, 6.07) is 0. The molecule has 2 N–H and O–H groups in total. The average Bonchev–Trinajstić information content (AvgIpc) is 2.30. The normalized spacial score (nSPS) is 28.8. The molecule has 0 aliphatic carbocycles. The van der Waals surface area contributed by atoms with E-state index < -0.39 is 0 Å². The Kier molecular flexibility index (Phi) is 6.37. The lowest BCUT2D eigenvalue weighted by molar-refractivity contribution is 0.118. The minimum atomic E-state index is 0.304. The minimum Gasteiger partial charge on any atom is -0.307 e. The molecule has 2 fully saturated rings. The van der Waals surface area contributed by atoms with Gasteiger partial charge in [-0.05, 0) is 92.9 Å². The lowest BCUT2D eigenvalue weighted by Gasteiger charge is -2.47. The maximum atomic E-state index is 3.82. The number of piperidine rings is 2. The highest BCUT2D eigenvalue weighted by atomic mass is 15.1. The molecule has 0 radical (unpaired) electrons. The molecule has 0 atom stereocenters. The van der Waals surface area contributed by atoms with Crippen LogP contribution in [0.3, 0.4) is 0 Å². The minimum absolute atomic E-state index is 0.304. The van der Waals surface area contributed by atoms with Gasteiger partial charge in [-0.25, -0.2) is 0 Å². The Morgan fingerprint density at radius 1 is 0.520 bits per heavy atom. The van der Waals surface area contributed by atoms with E-state index in [4.69, 9.17) is 0 Å². The average molecular weight is 351 g/mol. The Balaban J connectivity index is 1.68. The molecule has 0 aromatic rings. The van der Waals surface area contributed by atoms with E-state index in [2.05, 4.69) is 66.0 Å². The molecular weight excluding hydrogens is 304 g/mol. The molecule has 2 nitrogen and oxygen atoms in total. The molecule has 2 rings (SSSR count). The van der Waals surface area contributed by atoms with Crippen LogP contribution < -0.4 is 10.6 Å². The van der Waals surface area contributed by atoms with E-state index in [1.807, 2.05) is 0 Å². The molecule has 2 heterocycles. The highest BCUT2D eigenvalue weighted by molar-refractivity contribution is 4.97. The maximum Gasteiger partial charge on any atom is 0.0132 e. The lowest BCUT2D eigenvalue weighted by atomic mass is 9.73. The molecule has 0 unspecified atom stereocenters. The first-order valence-electron chi connectivity index (χ1n) is 10.9. The fourth-order valence-electron chi connectivity index (χ4n) is 6.52. The van der Waals surface area contributed by atoms with E-state index in [9.17, 15) is 0 Å². The summed E-state index contributed by atoms with van der Waals surface area (Å²) >= 11 is 0. The van der Waals surface area contributed by atoms with Crippen molar-refractivity contribution in [1.82, 2.24) is 10.6 Å². The third kappa shape index (κ3) is 7.21. The van der Waals surface area contributed by atoms with Gasteiger partial charge in [-0.2, -0.15) is 0 Å². The Labute approximate surface area is 158 Å². The van der Waals surface area contributed by atoms with E-state index in [0.717, 1.165) is 11.8 Å². The molecule has 2 saturated heterocycles. The molecule has 2 aliphatic heterocycles. The van der Waals surface area contributed by atoms with Gasteiger partial charge in [0.25, 0.3) is 0 Å². The molecule has 2 aliphatic rings. The smallest absolute Gasteiger partial charge is 0.0132 e. The SMILES string of the molecule is CC1(C)CC(CCCCCC2CC(C)(C)NC(C)(C)C2)CC(C)(C)N1. The van der Waals surface area contributed by atoms with E-state index in [-0.39, 0.29) is 0 Å². The molecule has 0 bridgehead atoms. The summed E-state index contributed by atoms with van der Waals surface area (Å²) < 4.78 is 0. The van der Waals surface area contributed by atoms with Crippen molar-refractivity contribution in [2.75, 3.05) is 0 Å². The van der Waals surface area contributed by atoms with Crippen molar-refractivity contribution in [2.24, 2.45) is 11.8 Å². The van der Waals surface area contributed by atoms with Gasteiger partial charge >= 0.3 is 0 Å².